The lowest BCUT2D eigenvalue weighted by Gasteiger charge is -2.13. The molecule has 0 saturated carbocycles. The van der Waals surface area contributed by atoms with Crippen molar-refractivity contribution < 1.29 is 8.42 Å². The molecule has 6 heteroatoms. The van der Waals surface area contributed by atoms with Crippen molar-refractivity contribution in [3.63, 3.8) is 0 Å². The quantitative estimate of drug-likeness (QED) is 0.712. The summed E-state index contributed by atoms with van der Waals surface area (Å²) in [5.41, 5.74) is 7.90. The fourth-order valence-electron chi connectivity index (χ4n) is 1.44. The van der Waals surface area contributed by atoms with Crippen molar-refractivity contribution in [2.75, 3.05) is 11.3 Å². The number of rotatable bonds is 5. The van der Waals surface area contributed by atoms with E-state index < -0.39 is 10.2 Å². The molecular formula is C10H17N3O2S. The van der Waals surface area contributed by atoms with Gasteiger partial charge in [0.15, 0.2) is 0 Å². The second-order valence-corrected chi connectivity index (χ2v) is 4.91. The Kier molecular flexibility index (Phi) is 4.28. The number of nitrogens with one attached hydrogen (secondary N) is 2. The van der Waals surface area contributed by atoms with E-state index in [2.05, 4.69) is 9.44 Å². The first-order valence-corrected chi connectivity index (χ1v) is 6.54. The Bertz CT molecular complexity index is 457. The van der Waals surface area contributed by atoms with E-state index in [1.807, 2.05) is 13.0 Å². The van der Waals surface area contributed by atoms with Gasteiger partial charge in [-0.15, -0.1) is 0 Å². The van der Waals surface area contributed by atoms with Crippen LogP contribution in [0.2, 0.25) is 0 Å². The molecule has 0 saturated heterocycles. The van der Waals surface area contributed by atoms with E-state index in [-0.39, 0.29) is 0 Å². The number of benzene rings is 1. The fourth-order valence-corrected chi connectivity index (χ4v) is 2.37. The topological polar surface area (TPSA) is 84.2 Å². The molecule has 0 bridgehead atoms. The SMILES string of the molecule is CCNS(=O)(=O)Nc1cccc(C)c1CN. The molecule has 90 valence electrons. The molecule has 0 atom stereocenters. The molecule has 0 radical (unpaired) electrons. The van der Waals surface area contributed by atoms with Crippen molar-refractivity contribution in [1.29, 1.82) is 0 Å². The van der Waals surface area contributed by atoms with E-state index in [9.17, 15) is 8.42 Å². The van der Waals surface area contributed by atoms with Gasteiger partial charge in [-0.3, -0.25) is 4.72 Å². The Morgan fingerprint density at radius 1 is 1.38 bits per heavy atom. The lowest BCUT2D eigenvalue weighted by Crippen LogP contribution is -2.30. The third-order valence-electron chi connectivity index (χ3n) is 2.19. The van der Waals surface area contributed by atoms with Crippen LogP contribution in [0.1, 0.15) is 18.1 Å². The van der Waals surface area contributed by atoms with Crippen LogP contribution in [0.4, 0.5) is 5.69 Å². The smallest absolute Gasteiger partial charge is 0.299 e. The summed E-state index contributed by atoms with van der Waals surface area (Å²) in [6.45, 7) is 4.27. The highest BCUT2D eigenvalue weighted by atomic mass is 32.2. The lowest BCUT2D eigenvalue weighted by atomic mass is 10.1. The first-order valence-electron chi connectivity index (χ1n) is 5.06. The van der Waals surface area contributed by atoms with Crippen LogP contribution in [0.15, 0.2) is 18.2 Å². The summed E-state index contributed by atoms with van der Waals surface area (Å²) in [6.07, 6.45) is 0. The lowest BCUT2D eigenvalue weighted by molar-refractivity contribution is 0.589. The van der Waals surface area contributed by atoms with Gasteiger partial charge in [0, 0.05) is 13.1 Å². The summed E-state index contributed by atoms with van der Waals surface area (Å²) < 4.78 is 27.9. The van der Waals surface area contributed by atoms with E-state index >= 15 is 0 Å². The fraction of sp³-hybridized carbons (Fsp3) is 0.400. The third-order valence-corrected chi connectivity index (χ3v) is 3.35. The molecule has 16 heavy (non-hydrogen) atoms. The van der Waals surface area contributed by atoms with Crippen LogP contribution in [0.25, 0.3) is 0 Å². The zero-order chi connectivity index (χ0) is 12.2. The van der Waals surface area contributed by atoms with Crippen LogP contribution in [-0.4, -0.2) is 15.0 Å². The number of nitrogens with two attached hydrogens (primary N) is 1. The van der Waals surface area contributed by atoms with Gasteiger partial charge in [0.05, 0.1) is 5.69 Å². The molecule has 5 nitrogen and oxygen atoms in total. The van der Waals surface area contributed by atoms with E-state index in [4.69, 9.17) is 5.73 Å². The van der Waals surface area contributed by atoms with Crippen LogP contribution in [0, 0.1) is 6.92 Å². The van der Waals surface area contributed by atoms with E-state index in [1.165, 1.54) is 0 Å². The molecule has 0 aliphatic rings. The Hall–Kier alpha value is -1.11. The van der Waals surface area contributed by atoms with Crippen LogP contribution in [0.5, 0.6) is 0 Å². The standard InChI is InChI=1S/C10H17N3O2S/c1-3-12-16(14,15)13-10-6-4-5-8(2)9(10)7-11/h4-6,12-13H,3,7,11H2,1-2H3. The molecule has 0 amide bonds. The Morgan fingerprint density at radius 3 is 2.62 bits per heavy atom. The van der Waals surface area contributed by atoms with E-state index in [0.29, 0.717) is 18.8 Å². The molecule has 4 N–H and O–H groups in total. The van der Waals surface area contributed by atoms with Crippen molar-refractivity contribution in [3.8, 4) is 0 Å². The third kappa shape index (κ3) is 3.19. The van der Waals surface area contributed by atoms with Gasteiger partial charge in [0.1, 0.15) is 0 Å². The highest BCUT2D eigenvalue weighted by Crippen LogP contribution is 2.19. The van der Waals surface area contributed by atoms with Gasteiger partial charge in [-0.25, -0.2) is 0 Å². The van der Waals surface area contributed by atoms with Gasteiger partial charge in [0.25, 0.3) is 10.2 Å². The maximum absolute atomic E-state index is 11.5. The molecule has 0 aromatic heterocycles. The minimum atomic E-state index is -3.49. The predicted molar refractivity (Wildman–Crippen MR) is 65.3 cm³/mol. The molecule has 1 aromatic rings. The molecule has 0 unspecified atom stereocenters. The number of hydrogen-bond acceptors (Lipinski definition) is 3. The normalized spacial score (nSPS) is 11.4. The van der Waals surface area contributed by atoms with Gasteiger partial charge in [0.2, 0.25) is 0 Å². The largest absolute Gasteiger partial charge is 0.326 e. The van der Waals surface area contributed by atoms with Crippen LogP contribution in [0.3, 0.4) is 0 Å². The molecule has 0 aliphatic heterocycles. The molecule has 0 spiro atoms. The van der Waals surface area contributed by atoms with Crippen molar-refractivity contribution in [2.24, 2.45) is 5.73 Å². The van der Waals surface area contributed by atoms with Gasteiger partial charge < -0.3 is 5.73 Å². The van der Waals surface area contributed by atoms with Gasteiger partial charge in [-0.05, 0) is 24.1 Å². The highest BCUT2D eigenvalue weighted by Gasteiger charge is 2.11. The van der Waals surface area contributed by atoms with E-state index in [0.717, 1.165) is 11.1 Å². The summed E-state index contributed by atoms with van der Waals surface area (Å²) in [4.78, 5) is 0. The zero-order valence-electron chi connectivity index (χ0n) is 9.45. The summed E-state index contributed by atoms with van der Waals surface area (Å²) >= 11 is 0. The first kappa shape index (κ1) is 13.0. The first-order chi connectivity index (χ1) is 7.50. The van der Waals surface area contributed by atoms with E-state index in [1.54, 1.807) is 19.1 Å². The van der Waals surface area contributed by atoms with Gasteiger partial charge in [-0.1, -0.05) is 19.1 Å². The monoisotopic (exact) mass is 243 g/mol. The molecule has 1 rings (SSSR count). The highest BCUT2D eigenvalue weighted by molar-refractivity contribution is 7.90. The minimum Gasteiger partial charge on any atom is -0.326 e. The maximum atomic E-state index is 11.5. The van der Waals surface area contributed by atoms with Gasteiger partial charge >= 0.3 is 0 Å². The molecule has 0 aliphatic carbocycles. The average molecular weight is 243 g/mol. The second-order valence-electron chi connectivity index (χ2n) is 3.41. The summed E-state index contributed by atoms with van der Waals surface area (Å²) in [7, 11) is -3.49. The van der Waals surface area contributed by atoms with Crippen molar-refractivity contribution >= 4 is 15.9 Å². The number of aryl methyl sites for hydroxylation is 1. The minimum absolute atomic E-state index is 0.302. The second kappa shape index (κ2) is 5.29. The molecule has 0 fully saturated rings. The summed E-state index contributed by atoms with van der Waals surface area (Å²) in [6, 6.07) is 5.38. The summed E-state index contributed by atoms with van der Waals surface area (Å²) in [5, 5.41) is 0. The number of hydrogen-bond donors (Lipinski definition) is 3. The average Bonchev–Trinajstić information content (AvgIpc) is 2.17. The van der Waals surface area contributed by atoms with Crippen molar-refractivity contribution in [3.05, 3.63) is 29.3 Å². The Morgan fingerprint density at radius 2 is 2.06 bits per heavy atom. The Balaban J connectivity index is 3.02. The van der Waals surface area contributed by atoms with Crippen LogP contribution >= 0.6 is 0 Å². The predicted octanol–water partition coefficient (Wildman–Crippen LogP) is 0.720. The van der Waals surface area contributed by atoms with Crippen molar-refractivity contribution in [1.82, 2.24) is 4.72 Å². The maximum Gasteiger partial charge on any atom is 0.299 e. The van der Waals surface area contributed by atoms with Crippen LogP contribution in [-0.2, 0) is 16.8 Å². The van der Waals surface area contributed by atoms with Crippen molar-refractivity contribution in [2.45, 2.75) is 20.4 Å². The summed E-state index contributed by atoms with van der Waals surface area (Å²) in [5.74, 6) is 0. The zero-order valence-corrected chi connectivity index (χ0v) is 10.3. The van der Waals surface area contributed by atoms with Gasteiger partial charge in [-0.2, -0.15) is 13.1 Å². The molecular weight excluding hydrogens is 226 g/mol. The molecule has 0 heterocycles. The Labute approximate surface area is 96.2 Å². The molecule has 1 aromatic carbocycles. The number of anilines is 1. The van der Waals surface area contributed by atoms with Crippen LogP contribution < -0.4 is 15.2 Å².